The summed E-state index contributed by atoms with van der Waals surface area (Å²) in [6.45, 7) is 0. The first-order valence-electron chi connectivity index (χ1n) is 13.8. The van der Waals surface area contributed by atoms with Crippen molar-refractivity contribution in [1.82, 2.24) is 30.1 Å². The Kier molecular flexibility index (Phi) is 6.28. The quantitative estimate of drug-likeness (QED) is 0.213. The first-order chi connectivity index (χ1) is 19.7. The molecule has 5 aromatic heterocycles. The molecular weight excluding hydrogens is 498 g/mol. The molecule has 198 valence electrons. The summed E-state index contributed by atoms with van der Waals surface area (Å²) < 4.78 is 0. The number of fused-ring (bicyclic) bond motifs is 2. The Morgan fingerprint density at radius 3 is 2.58 bits per heavy atom. The van der Waals surface area contributed by atoms with E-state index in [1.807, 2.05) is 48.8 Å². The van der Waals surface area contributed by atoms with Crippen LogP contribution in [0.3, 0.4) is 0 Å². The fraction of sp³-hybridized carbons (Fsp3) is 0.219. The van der Waals surface area contributed by atoms with Gasteiger partial charge < -0.3 is 10.3 Å². The lowest BCUT2D eigenvalue weighted by Crippen LogP contribution is -2.18. The number of benzene rings is 1. The maximum absolute atomic E-state index is 12.7. The highest BCUT2D eigenvalue weighted by Crippen LogP contribution is 2.34. The summed E-state index contributed by atoms with van der Waals surface area (Å²) in [5, 5.41) is 12.9. The van der Waals surface area contributed by atoms with Crippen LogP contribution in [0, 0.1) is 5.92 Å². The predicted octanol–water partition coefficient (Wildman–Crippen LogP) is 7.14. The number of amides is 1. The zero-order chi connectivity index (χ0) is 26.9. The molecule has 1 aromatic carbocycles. The monoisotopic (exact) mass is 527 g/mol. The van der Waals surface area contributed by atoms with Crippen LogP contribution in [0.2, 0.25) is 0 Å². The van der Waals surface area contributed by atoms with E-state index in [1.165, 1.54) is 19.3 Å². The Balaban J connectivity index is 1.19. The first-order valence-corrected chi connectivity index (χ1v) is 13.8. The molecule has 7 rings (SSSR count). The molecule has 0 bridgehead atoms. The highest BCUT2D eigenvalue weighted by atomic mass is 16.1. The third kappa shape index (κ3) is 4.73. The molecule has 8 nitrogen and oxygen atoms in total. The zero-order valence-corrected chi connectivity index (χ0v) is 22.0. The van der Waals surface area contributed by atoms with Crippen molar-refractivity contribution in [2.75, 3.05) is 5.32 Å². The maximum atomic E-state index is 12.7. The van der Waals surface area contributed by atoms with E-state index in [0.29, 0.717) is 12.3 Å². The van der Waals surface area contributed by atoms with Crippen LogP contribution in [0.4, 0.5) is 5.69 Å². The van der Waals surface area contributed by atoms with Crippen LogP contribution in [0.1, 0.15) is 38.5 Å². The van der Waals surface area contributed by atoms with E-state index >= 15 is 0 Å². The number of carbonyl (C=O) groups is 1. The van der Waals surface area contributed by atoms with Gasteiger partial charge in [-0.15, -0.1) is 0 Å². The van der Waals surface area contributed by atoms with E-state index in [4.69, 9.17) is 0 Å². The van der Waals surface area contributed by atoms with Gasteiger partial charge in [-0.25, -0.2) is 0 Å². The number of H-pyrrole nitrogens is 2. The van der Waals surface area contributed by atoms with Crippen LogP contribution in [-0.2, 0) is 4.79 Å². The molecule has 3 N–H and O–H groups in total. The van der Waals surface area contributed by atoms with Gasteiger partial charge in [-0.3, -0.25) is 24.8 Å². The van der Waals surface area contributed by atoms with Crippen LogP contribution < -0.4 is 5.32 Å². The minimum Gasteiger partial charge on any atom is -0.353 e. The summed E-state index contributed by atoms with van der Waals surface area (Å²) in [4.78, 5) is 29.5. The second-order valence-corrected chi connectivity index (χ2v) is 10.6. The normalized spacial score (nSPS) is 14.1. The van der Waals surface area contributed by atoms with Crippen LogP contribution in [0.5, 0.6) is 0 Å². The number of nitrogens with one attached hydrogen (secondary N) is 3. The van der Waals surface area contributed by atoms with Crippen LogP contribution in [0.25, 0.3) is 55.6 Å². The molecule has 1 fully saturated rings. The van der Waals surface area contributed by atoms with Crippen LogP contribution in [-0.4, -0.2) is 36.0 Å². The highest BCUT2D eigenvalue weighted by molar-refractivity contribution is 6.01. The number of carbonyl (C=O) groups excluding carboxylic acids is 1. The second-order valence-electron chi connectivity index (χ2n) is 10.6. The molecule has 0 unspecified atom stereocenters. The van der Waals surface area contributed by atoms with E-state index in [-0.39, 0.29) is 5.91 Å². The van der Waals surface area contributed by atoms with Crippen molar-refractivity contribution in [2.24, 2.45) is 5.92 Å². The molecule has 40 heavy (non-hydrogen) atoms. The molecule has 8 heteroatoms. The number of nitrogens with zero attached hydrogens (tertiary/aromatic N) is 4. The van der Waals surface area contributed by atoms with Gasteiger partial charge in [0.05, 0.1) is 28.8 Å². The van der Waals surface area contributed by atoms with Crippen molar-refractivity contribution in [3.05, 3.63) is 79.5 Å². The molecular formula is C32H29N7O. The average Bonchev–Trinajstić information content (AvgIpc) is 3.62. The highest BCUT2D eigenvalue weighted by Gasteiger charge is 2.18. The molecule has 1 aliphatic rings. The van der Waals surface area contributed by atoms with Crippen molar-refractivity contribution in [3.63, 3.8) is 0 Å². The molecule has 0 atom stereocenters. The van der Waals surface area contributed by atoms with Crippen LogP contribution >= 0.6 is 0 Å². The number of pyridine rings is 3. The van der Waals surface area contributed by atoms with E-state index < -0.39 is 0 Å². The topological polar surface area (TPSA) is 112 Å². The maximum Gasteiger partial charge on any atom is 0.224 e. The Hall–Kier alpha value is -4.85. The van der Waals surface area contributed by atoms with Crippen molar-refractivity contribution in [1.29, 1.82) is 0 Å². The second kappa shape index (κ2) is 10.4. The Morgan fingerprint density at radius 2 is 1.70 bits per heavy atom. The number of aromatic amines is 2. The molecule has 0 aliphatic heterocycles. The van der Waals surface area contributed by atoms with Gasteiger partial charge in [-0.05, 0) is 66.8 Å². The molecule has 0 radical (unpaired) electrons. The van der Waals surface area contributed by atoms with E-state index in [0.717, 1.165) is 74.1 Å². The zero-order valence-electron chi connectivity index (χ0n) is 22.0. The summed E-state index contributed by atoms with van der Waals surface area (Å²) in [6.07, 6.45) is 15.6. The molecule has 0 saturated heterocycles. The standard InChI is InChI=1S/C32H29N7O/c40-30(13-20-5-2-1-3-6-20)36-24-14-23(18-34-19-24)21-8-9-28-25(15-21)32(39-38-28)29-16-26-27(37-29)10-12-35-31(26)22-7-4-11-33-17-22/h4,7-12,14-20,37H,1-3,5-6,13H2,(H,36,40)(H,38,39). The Labute approximate surface area is 231 Å². The SMILES string of the molecule is O=C(CC1CCCCC1)Nc1cncc(-c2ccc3[nH]nc(-c4cc5c(-c6cccnc6)nccc5[nH]4)c3c2)c1. The van der Waals surface area contributed by atoms with Crippen molar-refractivity contribution >= 4 is 33.4 Å². The molecule has 6 aromatic rings. The van der Waals surface area contributed by atoms with Gasteiger partial charge in [-0.2, -0.15) is 5.10 Å². The summed E-state index contributed by atoms with van der Waals surface area (Å²) in [6, 6.07) is 16.2. The third-order valence-electron chi connectivity index (χ3n) is 7.86. The molecule has 1 amide bonds. The predicted molar refractivity (Wildman–Crippen MR) is 157 cm³/mol. The van der Waals surface area contributed by atoms with E-state index in [2.05, 4.69) is 47.6 Å². The van der Waals surface area contributed by atoms with Crippen LogP contribution in [0.15, 0.2) is 79.5 Å². The Morgan fingerprint density at radius 1 is 0.825 bits per heavy atom. The number of anilines is 1. The summed E-state index contributed by atoms with van der Waals surface area (Å²) in [5.74, 6) is 0.560. The number of aromatic nitrogens is 6. The molecule has 1 aliphatic carbocycles. The van der Waals surface area contributed by atoms with Gasteiger partial charge in [0.15, 0.2) is 0 Å². The largest absolute Gasteiger partial charge is 0.353 e. The number of rotatable bonds is 6. The minimum absolute atomic E-state index is 0.0670. The van der Waals surface area contributed by atoms with Crippen molar-refractivity contribution in [2.45, 2.75) is 38.5 Å². The van der Waals surface area contributed by atoms with E-state index in [1.54, 1.807) is 18.6 Å². The smallest absolute Gasteiger partial charge is 0.224 e. The number of hydrogen-bond donors (Lipinski definition) is 3. The first kappa shape index (κ1) is 24.2. The lowest BCUT2D eigenvalue weighted by Gasteiger charge is -2.20. The van der Waals surface area contributed by atoms with Gasteiger partial charge >= 0.3 is 0 Å². The van der Waals surface area contributed by atoms with Gasteiger partial charge in [0.25, 0.3) is 0 Å². The average molecular weight is 528 g/mol. The lowest BCUT2D eigenvalue weighted by atomic mass is 9.87. The fourth-order valence-corrected chi connectivity index (χ4v) is 5.84. The number of hydrogen-bond acceptors (Lipinski definition) is 5. The van der Waals surface area contributed by atoms with Gasteiger partial charge in [0.2, 0.25) is 5.91 Å². The van der Waals surface area contributed by atoms with Gasteiger partial charge in [-0.1, -0.05) is 25.3 Å². The third-order valence-corrected chi connectivity index (χ3v) is 7.86. The summed E-state index contributed by atoms with van der Waals surface area (Å²) in [7, 11) is 0. The van der Waals surface area contributed by atoms with Gasteiger partial charge in [0.1, 0.15) is 5.69 Å². The summed E-state index contributed by atoms with van der Waals surface area (Å²) >= 11 is 0. The Bertz CT molecular complexity index is 1820. The fourth-order valence-electron chi connectivity index (χ4n) is 5.84. The molecule has 1 saturated carbocycles. The van der Waals surface area contributed by atoms with Gasteiger partial charge in [0, 0.05) is 58.6 Å². The van der Waals surface area contributed by atoms with Crippen molar-refractivity contribution < 1.29 is 4.79 Å². The van der Waals surface area contributed by atoms with Crippen molar-refractivity contribution in [3.8, 4) is 33.8 Å². The molecule has 0 spiro atoms. The van der Waals surface area contributed by atoms with E-state index in [9.17, 15) is 4.79 Å². The lowest BCUT2D eigenvalue weighted by molar-refractivity contribution is -0.117. The minimum atomic E-state index is 0.0670. The summed E-state index contributed by atoms with van der Waals surface area (Å²) in [5.41, 5.74) is 8.15. The molecule has 5 heterocycles.